The molecule has 0 aromatic heterocycles. The van der Waals surface area contributed by atoms with Gasteiger partial charge >= 0.3 is 0 Å². The number of rotatable bonds is 6. The Kier molecular flexibility index (Phi) is 4.17. The maximum absolute atomic E-state index is 8.92. The lowest BCUT2D eigenvalue weighted by Gasteiger charge is -2.21. The van der Waals surface area contributed by atoms with Crippen LogP contribution in [0.4, 0.5) is 0 Å². The van der Waals surface area contributed by atoms with Crippen LogP contribution < -0.4 is 5.32 Å². The second-order valence-electron chi connectivity index (χ2n) is 5.07. The molecule has 1 aliphatic carbocycles. The predicted molar refractivity (Wildman–Crippen MR) is 69.4 cm³/mol. The van der Waals surface area contributed by atoms with Gasteiger partial charge in [0.25, 0.3) is 0 Å². The molecule has 0 spiro atoms. The lowest BCUT2D eigenvalue weighted by Crippen LogP contribution is -2.30. The monoisotopic (exact) mass is 228 g/mol. The van der Waals surface area contributed by atoms with E-state index in [1.54, 1.807) is 0 Å². The van der Waals surface area contributed by atoms with E-state index in [0.29, 0.717) is 12.5 Å². The van der Waals surface area contributed by atoms with Crippen molar-refractivity contribution in [2.45, 2.75) is 44.7 Å². The van der Waals surface area contributed by atoms with Crippen molar-refractivity contribution in [1.29, 1.82) is 5.26 Å². The van der Waals surface area contributed by atoms with Crippen LogP contribution in [0.1, 0.15) is 44.2 Å². The Bertz CT molecular complexity index is 376. The molecule has 17 heavy (non-hydrogen) atoms. The summed E-state index contributed by atoms with van der Waals surface area (Å²) in [6.45, 7) is 2.23. The lowest BCUT2D eigenvalue weighted by atomic mass is 10.0. The van der Waals surface area contributed by atoms with Crippen LogP contribution in [0.5, 0.6) is 0 Å². The summed E-state index contributed by atoms with van der Waals surface area (Å²) in [4.78, 5) is 0. The summed E-state index contributed by atoms with van der Waals surface area (Å²) < 4.78 is 0. The first-order valence-electron chi connectivity index (χ1n) is 6.47. The molecule has 1 aromatic carbocycles. The van der Waals surface area contributed by atoms with Gasteiger partial charge in [0, 0.05) is 12.1 Å². The zero-order valence-electron chi connectivity index (χ0n) is 10.4. The van der Waals surface area contributed by atoms with Gasteiger partial charge in [-0.3, -0.25) is 0 Å². The largest absolute Gasteiger partial charge is 0.307 e. The van der Waals surface area contributed by atoms with Gasteiger partial charge in [-0.25, -0.2) is 0 Å². The highest BCUT2D eigenvalue weighted by Crippen LogP contribution is 2.34. The number of nitrogens with zero attached hydrogens (tertiary/aromatic N) is 1. The first-order valence-corrected chi connectivity index (χ1v) is 6.47. The van der Waals surface area contributed by atoms with Crippen molar-refractivity contribution in [3.63, 3.8) is 0 Å². The van der Waals surface area contributed by atoms with Gasteiger partial charge in [0.15, 0.2) is 0 Å². The molecule has 90 valence electrons. The van der Waals surface area contributed by atoms with Crippen LogP contribution >= 0.6 is 0 Å². The number of hydrogen-bond donors (Lipinski definition) is 1. The fraction of sp³-hybridized carbons (Fsp3) is 0.533. The van der Waals surface area contributed by atoms with Crippen molar-refractivity contribution in [2.75, 3.05) is 0 Å². The van der Waals surface area contributed by atoms with Gasteiger partial charge in [-0.1, -0.05) is 43.2 Å². The van der Waals surface area contributed by atoms with Gasteiger partial charge in [0.05, 0.1) is 12.5 Å². The first-order chi connectivity index (χ1) is 8.29. The Morgan fingerprint density at radius 3 is 2.65 bits per heavy atom. The number of benzene rings is 1. The molecule has 0 radical (unpaired) electrons. The van der Waals surface area contributed by atoms with Gasteiger partial charge in [0.2, 0.25) is 0 Å². The zero-order chi connectivity index (χ0) is 12.1. The molecular formula is C15H20N2. The second kappa shape index (κ2) is 5.84. The van der Waals surface area contributed by atoms with E-state index in [1.807, 2.05) is 18.2 Å². The van der Waals surface area contributed by atoms with Gasteiger partial charge in [-0.05, 0) is 24.8 Å². The predicted octanol–water partition coefficient (Wildman–Crippen LogP) is 3.42. The molecule has 1 aliphatic rings. The van der Waals surface area contributed by atoms with E-state index in [9.17, 15) is 0 Å². The zero-order valence-corrected chi connectivity index (χ0v) is 10.4. The number of hydrogen-bond acceptors (Lipinski definition) is 2. The number of nitrogens with one attached hydrogen (secondary N) is 1. The van der Waals surface area contributed by atoms with E-state index in [4.69, 9.17) is 5.26 Å². The quantitative estimate of drug-likeness (QED) is 0.809. The summed E-state index contributed by atoms with van der Waals surface area (Å²) in [6.07, 6.45) is 4.56. The van der Waals surface area contributed by atoms with Crippen molar-refractivity contribution in [3.05, 3.63) is 35.9 Å². The molecule has 2 heteroatoms. The third kappa shape index (κ3) is 3.87. The third-order valence-electron chi connectivity index (χ3n) is 3.37. The summed E-state index contributed by atoms with van der Waals surface area (Å²) in [5.74, 6) is 0.927. The van der Waals surface area contributed by atoms with Crippen molar-refractivity contribution in [3.8, 4) is 6.07 Å². The first kappa shape index (κ1) is 12.1. The minimum Gasteiger partial charge on any atom is -0.307 e. The third-order valence-corrected chi connectivity index (χ3v) is 3.37. The molecule has 0 saturated heterocycles. The molecule has 1 fully saturated rings. The Balaban J connectivity index is 1.94. The Labute approximate surface area is 104 Å². The van der Waals surface area contributed by atoms with Gasteiger partial charge in [0.1, 0.15) is 0 Å². The van der Waals surface area contributed by atoms with E-state index in [1.165, 1.54) is 24.8 Å². The van der Waals surface area contributed by atoms with Crippen LogP contribution in [-0.4, -0.2) is 6.04 Å². The lowest BCUT2D eigenvalue weighted by molar-refractivity contribution is 0.424. The van der Waals surface area contributed by atoms with Crippen molar-refractivity contribution < 1.29 is 0 Å². The Morgan fingerprint density at radius 2 is 2.06 bits per heavy atom. The highest BCUT2D eigenvalue weighted by atomic mass is 14.9. The Morgan fingerprint density at radius 1 is 1.35 bits per heavy atom. The molecule has 0 bridgehead atoms. The van der Waals surface area contributed by atoms with E-state index in [0.717, 1.165) is 5.92 Å². The molecule has 0 aliphatic heterocycles. The SMILES string of the molecule is CC(CC1CC1)NC(CC#N)c1ccccc1. The average Bonchev–Trinajstić information content (AvgIpc) is 3.13. The van der Waals surface area contributed by atoms with Crippen LogP contribution in [0.25, 0.3) is 0 Å². The minimum absolute atomic E-state index is 0.176. The highest BCUT2D eigenvalue weighted by molar-refractivity contribution is 5.20. The summed E-state index contributed by atoms with van der Waals surface area (Å²) >= 11 is 0. The topological polar surface area (TPSA) is 35.8 Å². The molecule has 1 saturated carbocycles. The van der Waals surface area contributed by atoms with E-state index in [2.05, 4.69) is 30.4 Å². The van der Waals surface area contributed by atoms with E-state index >= 15 is 0 Å². The second-order valence-corrected chi connectivity index (χ2v) is 5.07. The molecule has 0 heterocycles. The average molecular weight is 228 g/mol. The fourth-order valence-corrected chi connectivity index (χ4v) is 2.31. The Hall–Kier alpha value is -1.33. The highest BCUT2D eigenvalue weighted by Gasteiger charge is 2.24. The van der Waals surface area contributed by atoms with Crippen LogP contribution in [-0.2, 0) is 0 Å². The van der Waals surface area contributed by atoms with Crippen molar-refractivity contribution >= 4 is 0 Å². The van der Waals surface area contributed by atoms with Crippen LogP contribution in [0.2, 0.25) is 0 Å². The summed E-state index contributed by atoms with van der Waals surface area (Å²) in [5.41, 5.74) is 1.22. The summed E-state index contributed by atoms with van der Waals surface area (Å²) in [5, 5.41) is 12.5. The van der Waals surface area contributed by atoms with Crippen LogP contribution in [0.3, 0.4) is 0 Å². The van der Waals surface area contributed by atoms with E-state index in [-0.39, 0.29) is 6.04 Å². The number of nitriles is 1. The van der Waals surface area contributed by atoms with Gasteiger partial charge < -0.3 is 5.32 Å². The van der Waals surface area contributed by atoms with Crippen molar-refractivity contribution in [2.24, 2.45) is 5.92 Å². The molecule has 2 atom stereocenters. The van der Waals surface area contributed by atoms with Gasteiger partial charge in [-0.15, -0.1) is 0 Å². The maximum atomic E-state index is 8.92. The van der Waals surface area contributed by atoms with Crippen LogP contribution in [0.15, 0.2) is 30.3 Å². The molecule has 1 aromatic rings. The molecular weight excluding hydrogens is 208 g/mol. The fourth-order valence-electron chi connectivity index (χ4n) is 2.31. The molecule has 1 N–H and O–H groups in total. The van der Waals surface area contributed by atoms with Crippen LogP contribution in [0, 0.1) is 17.2 Å². The van der Waals surface area contributed by atoms with Gasteiger partial charge in [-0.2, -0.15) is 5.26 Å². The molecule has 2 unspecified atom stereocenters. The van der Waals surface area contributed by atoms with Crippen molar-refractivity contribution in [1.82, 2.24) is 5.32 Å². The summed E-state index contributed by atoms with van der Waals surface area (Å²) in [6, 6.07) is 13.2. The standard InChI is InChI=1S/C15H20N2/c1-12(11-13-7-8-13)17-15(9-10-16)14-5-3-2-4-6-14/h2-6,12-13,15,17H,7-9,11H2,1H3. The van der Waals surface area contributed by atoms with E-state index < -0.39 is 0 Å². The minimum atomic E-state index is 0.176. The summed E-state index contributed by atoms with van der Waals surface area (Å²) in [7, 11) is 0. The normalized spacial score (nSPS) is 18.4. The molecule has 2 rings (SSSR count). The maximum Gasteiger partial charge on any atom is 0.0641 e. The smallest absolute Gasteiger partial charge is 0.0641 e. The molecule has 0 amide bonds. The molecule has 2 nitrogen and oxygen atoms in total.